The highest BCUT2D eigenvalue weighted by Crippen LogP contribution is 2.31. The maximum absolute atomic E-state index is 5.93. The van der Waals surface area contributed by atoms with E-state index < -0.39 is 0 Å². The molecule has 0 spiro atoms. The molecule has 2 aromatic carbocycles. The lowest BCUT2D eigenvalue weighted by atomic mass is 9.95. The molecule has 3 heteroatoms. The van der Waals surface area contributed by atoms with Crippen LogP contribution in [0.25, 0.3) is 0 Å². The minimum absolute atomic E-state index is 0.0720. The molecule has 0 radical (unpaired) electrons. The zero-order chi connectivity index (χ0) is 14.4. The summed E-state index contributed by atoms with van der Waals surface area (Å²) < 4.78 is 5.93. The van der Waals surface area contributed by atoms with Crippen molar-refractivity contribution in [1.82, 2.24) is 5.43 Å². The smallest absolute Gasteiger partial charge is 0.103 e. The van der Waals surface area contributed by atoms with E-state index >= 15 is 0 Å². The van der Waals surface area contributed by atoms with Crippen molar-refractivity contribution < 1.29 is 4.74 Å². The van der Waals surface area contributed by atoms with Crippen molar-refractivity contribution in [2.24, 2.45) is 5.84 Å². The maximum atomic E-state index is 5.93. The molecule has 106 valence electrons. The van der Waals surface area contributed by atoms with Gasteiger partial charge in [-0.1, -0.05) is 60.2 Å². The van der Waals surface area contributed by atoms with E-state index in [0.29, 0.717) is 6.61 Å². The van der Waals surface area contributed by atoms with Crippen molar-refractivity contribution in [3.05, 3.63) is 71.3 Å². The molecule has 0 aliphatic heterocycles. The Hall–Kier alpha value is -1.68. The van der Waals surface area contributed by atoms with Gasteiger partial charge in [0.15, 0.2) is 0 Å². The van der Waals surface area contributed by atoms with Gasteiger partial charge in [0.2, 0.25) is 0 Å². The number of aryl methyl sites for hydroxylation is 1. The summed E-state index contributed by atoms with van der Waals surface area (Å²) in [7, 11) is 0. The van der Waals surface area contributed by atoms with Gasteiger partial charge in [-0.15, -0.1) is 0 Å². The van der Waals surface area contributed by atoms with Gasteiger partial charge < -0.3 is 4.74 Å². The highest BCUT2D eigenvalue weighted by Gasteiger charge is 2.24. The molecule has 2 rings (SSSR count). The van der Waals surface area contributed by atoms with Crippen LogP contribution in [0.2, 0.25) is 0 Å². The molecule has 0 aliphatic rings. The molecule has 2 unspecified atom stereocenters. The van der Waals surface area contributed by atoms with E-state index in [4.69, 9.17) is 10.6 Å². The van der Waals surface area contributed by atoms with Crippen LogP contribution in [0.3, 0.4) is 0 Å². The monoisotopic (exact) mass is 270 g/mol. The number of hydrazine groups is 1. The van der Waals surface area contributed by atoms with Gasteiger partial charge in [0.1, 0.15) is 6.10 Å². The first-order valence-electron chi connectivity index (χ1n) is 6.95. The standard InChI is InChI=1S/C17H22N2O/c1-3-20-17(14-9-5-4-6-10-14)16(19-18)15-11-7-8-13(2)12-15/h4-12,16-17,19H,3,18H2,1-2H3. The minimum atomic E-state index is -0.104. The van der Waals surface area contributed by atoms with Crippen molar-refractivity contribution in [3.63, 3.8) is 0 Å². The van der Waals surface area contributed by atoms with E-state index in [0.717, 1.165) is 11.1 Å². The molecule has 3 nitrogen and oxygen atoms in total. The van der Waals surface area contributed by atoms with E-state index in [-0.39, 0.29) is 12.1 Å². The van der Waals surface area contributed by atoms with Crippen LogP contribution < -0.4 is 11.3 Å². The summed E-state index contributed by atoms with van der Waals surface area (Å²) in [5.74, 6) is 5.79. The van der Waals surface area contributed by atoms with Gasteiger partial charge in [-0.3, -0.25) is 11.3 Å². The third-order valence-electron chi connectivity index (χ3n) is 3.36. The molecule has 0 bridgehead atoms. The predicted octanol–water partition coefficient (Wildman–Crippen LogP) is 3.28. The van der Waals surface area contributed by atoms with E-state index in [1.165, 1.54) is 5.56 Å². The lowest BCUT2D eigenvalue weighted by Gasteiger charge is -2.27. The van der Waals surface area contributed by atoms with Gasteiger partial charge in [-0.2, -0.15) is 0 Å². The summed E-state index contributed by atoms with van der Waals surface area (Å²) in [4.78, 5) is 0. The summed E-state index contributed by atoms with van der Waals surface area (Å²) in [5.41, 5.74) is 6.38. The summed E-state index contributed by atoms with van der Waals surface area (Å²) in [5, 5.41) is 0. The molecular weight excluding hydrogens is 248 g/mol. The molecule has 0 amide bonds. The average Bonchev–Trinajstić information content (AvgIpc) is 2.48. The van der Waals surface area contributed by atoms with Gasteiger partial charge in [0, 0.05) is 6.61 Å². The zero-order valence-corrected chi connectivity index (χ0v) is 12.0. The van der Waals surface area contributed by atoms with Crippen LogP contribution >= 0.6 is 0 Å². The number of ether oxygens (including phenoxy) is 1. The second-order valence-corrected chi connectivity index (χ2v) is 4.85. The normalized spacial score (nSPS) is 13.9. The van der Waals surface area contributed by atoms with Gasteiger partial charge in [0.05, 0.1) is 6.04 Å². The molecule has 3 N–H and O–H groups in total. The van der Waals surface area contributed by atoms with E-state index in [1.54, 1.807) is 0 Å². The van der Waals surface area contributed by atoms with E-state index in [9.17, 15) is 0 Å². The van der Waals surface area contributed by atoms with Crippen LogP contribution in [-0.4, -0.2) is 6.61 Å². The van der Waals surface area contributed by atoms with Crippen LogP contribution in [0.1, 0.15) is 35.8 Å². The molecule has 0 heterocycles. The lowest BCUT2D eigenvalue weighted by molar-refractivity contribution is 0.0326. The molecule has 0 aliphatic carbocycles. The van der Waals surface area contributed by atoms with Crippen LogP contribution in [-0.2, 0) is 4.74 Å². The summed E-state index contributed by atoms with van der Waals surface area (Å²) in [6, 6.07) is 18.4. The number of hydrogen-bond donors (Lipinski definition) is 2. The highest BCUT2D eigenvalue weighted by molar-refractivity contribution is 5.29. The summed E-state index contributed by atoms with van der Waals surface area (Å²) in [6.07, 6.45) is -0.104. The molecule has 0 saturated heterocycles. The van der Waals surface area contributed by atoms with E-state index in [2.05, 4.69) is 42.7 Å². The van der Waals surface area contributed by atoms with Crippen molar-refractivity contribution in [1.29, 1.82) is 0 Å². The Morgan fingerprint density at radius 3 is 2.35 bits per heavy atom. The second-order valence-electron chi connectivity index (χ2n) is 4.85. The Kier molecular flexibility index (Phi) is 5.30. The first-order chi connectivity index (χ1) is 9.76. The first-order valence-corrected chi connectivity index (χ1v) is 6.95. The molecule has 0 saturated carbocycles. The van der Waals surface area contributed by atoms with Crippen LogP contribution in [0, 0.1) is 6.92 Å². The van der Waals surface area contributed by atoms with Crippen LogP contribution in [0.5, 0.6) is 0 Å². The van der Waals surface area contributed by atoms with Gasteiger partial charge >= 0.3 is 0 Å². The van der Waals surface area contributed by atoms with Crippen molar-refractivity contribution in [3.8, 4) is 0 Å². The third-order valence-corrected chi connectivity index (χ3v) is 3.36. The number of hydrogen-bond acceptors (Lipinski definition) is 3. The Labute approximate surface area is 120 Å². The van der Waals surface area contributed by atoms with Crippen molar-refractivity contribution in [2.45, 2.75) is 26.0 Å². The summed E-state index contributed by atoms with van der Waals surface area (Å²) >= 11 is 0. The molecule has 0 fully saturated rings. The predicted molar refractivity (Wildman–Crippen MR) is 82.1 cm³/mol. The number of benzene rings is 2. The molecule has 2 atom stereocenters. The Morgan fingerprint density at radius 2 is 1.75 bits per heavy atom. The number of nitrogens with one attached hydrogen (secondary N) is 1. The quantitative estimate of drug-likeness (QED) is 0.625. The lowest BCUT2D eigenvalue weighted by Crippen LogP contribution is -2.33. The van der Waals surface area contributed by atoms with Crippen LogP contribution in [0.15, 0.2) is 54.6 Å². The third kappa shape index (κ3) is 3.45. The highest BCUT2D eigenvalue weighted by atomic mass is 16.5. The fraction of sp³-hybridized carbons (Fsp3) is 0.294. The molecule has 0 aromatic heterocycles. The Bertz CT molecular complexity index is 528. The molecular formula is C17H22N2O. The van der Waals surface area contributed by atoms with Crippen molar-refractivity contribution in [2.75, 3.05) is 6.61 Å². The SMILES string of the molecule is CCOC(c1ccccc1)C(NN)c1cccc(C)c1. The van der Waals surface area contributed by atoms with Crippen LogP contribution in [0.4, 0.5) is 0 Å². The fourth-order valence-electron chi connectivity index (χ4n) is 2.43. The largest absolute Gasteiger partial charge is 0.372 e. The Morgan fingerprint density at radius 1 is 1.05 bits per heavy atom. The molecule has 20 heavy (non-hydrogen) atoms. The Balaban J connectivity index is 2.35. The maximum Gasteiger partial charge on any atom is 0.103 e. The number of nitrogens with two attached hydrogens (primary N) is 1. The van der Waals surface area contributed by atoms with Gasteiger partial charge in [0.25, 0.3) is 0 Å². The minimum Gasteiger partial charge on any atom is -0.372 e. The number of rotatable bonds is 6. The molecule has 2 aromatic rings. The summed E-state index contributed by atoms with van der Waals surface area (Å²) in [6.45, 7) is 4.72. The zero-order valence-electron chi connectivity index (χ0n) is 12.0. The average molecular weight is 270 g/mol. The van der Waals surface area contributed by atoms with Crippen molar-refractivity contribution >= 4 is 0 Å². The topological polar surface area (TPSA) is 47.3 Å². The fourth-order valence-corrected chi connectivity index (χ4v) is 2.43. The van der Waals surface area contributed by atoms with Gasteiger partial charge in [-0.25, -0.2) is 0 Å². The van der Waals surface area contributed by atoms with Gasteiger partial charge in [-0.05, 0) is 25.0 Å². The van der Waals surface area contributed by atoms with E-state index in [1.807, 2.05) is 31.2 Å². The first kappa shape index (κ1) is 14.7. The second kappa shape index (κ2) is 7.20.